The maximum atomic E-state index is 6.12. The molecule has 17 heavy (non-hydrogen) atoms. The van der Waals surface area contributed by atoms with Crippen LogP contribution in [0.4, 0.5) is 0 Å². The fourth-order valence-electron chi connectivity index (χ4n) is 1.58. The van der Waals surface area contributed by atoms with Crippen molar-refractivity contribution in [3.8, 4) is 11.3 Å². The van der Waals surface area contributed by atoms with Crippen molar-refractivity contribution in [2.45, 2.75) is 26.4 Å². The molecule has 1 heterocycles. The summed E-state index contributed by atoms with van der Waals surface area (Å²) in [5, 5.41) is 4.03. The van der Waals surface area contributed by atoms with Gasteiger partial charge in [0.05, 0.1) is 11.6 Å². The number of hydrogen-bond donors (Lipinski definition) is 1. The van der Waals surface area contributed by atoms with Crippen LogP contribution in [0.1, 0.15) is 19.6 Å². The first-order valence-corrected chi connectivity index (χ1v) is 6.11. The Morgan fingerprint density at radius 1 is 1.18 bits per heavy atom. The molecular weight excluding hydrogens is 234 g/mol. The van der Waals surface area contributed by atoms with Gasteiger partial charge < -0.3 is 9.73 Å². The highest BCUT2D eigenvalue weighted by molar-refractivity contribution is 6.33. The summed E-state index contributed by atoms with van der Waals surface area (Å²) in [4.78, 5) is 0. The zero-order valence-electron chi connectivity index (χ0n) is 10.0. The first kappa shape index (κ1) is 12.2. The Labute approximate surface area is 107 Å². The average Bonchev–Trinajstić information content (AvgIpc) is 2.75. The van der Waals surface area contributed by atoms with E-state index in [1.54, 1.807) is 0 Å². The van der Waals surface area contributed by atoms with E-state index in [0.29, 0.717) is 11.1 Å². The summed E-state index contributed by atoms with van der Waals surface area (Å²) in [5.41, 5.74) is 0.935. The molecule has 0 unspecified atom stereocenters. The number of nitrogens with one attached hydrogen (secondary N) is 1. The summed E-state index contributed by atoms with van der Waals surface area (Å²) in [6.45, 7) is 4.96. The van der Waals surface area contributed by atoms with Gasteiger partial charge in [0, 0.05) is 11.6 Å². The Morgan fingerprint density at radius 3 is 2.65 bits per heavy atom. The fraction of sp³-hybridized carbons (Fsp3) is 0.286. The molecule has 0 atom stereocenters. The van der Waals surface area contributed by atoms with Crippen LogP contribution >= 0.6 is 11.6 Å². The third kappa shape index (κ3) is 3.11. The quantitative estimate of drug-likeness (QED) is 0.883. The van der Waals surface area contributed by atoms with Gasteiger partial charge in [0.2, 0.25) is 0 Å². The molecule has 0 aliphatic rings. The van der Waals surface area contributed by atoms with E-state index < -0.39 is 0 Å². The molecule has 1 aromatic heterocycles. The van der Waals surface area contributed by atoms with E-state index in [2.05, 4.69) is 19.2 Å². The Kier molecular flexibility index (Phi) is 3.87. The minimum atomic E-state index is 0.448. The first-order chi connectivity index (χ1) is 8.16. The molecule has 3 heteroatoms. The van der Waals surface area contributed by atoms with Gasteiger partial charge in [-0.1, -0.05) is 37.6 Å². The minimum absolute atomic E-state index is 0.448. The lowest BCUT2D eigenvalue weighted by Gasteiger charge is -2.05. The van der Waals surface area contributed by atoms with Crippen molar-refractivity contribution < 1.29 is 4.42 Å². The topological polar surface area (TPSA) is 25.2 Å². The van der Waals surface area contributed by atoms with Crippen LogP contribution in [0.2, 0.25) is 5.02 Å². The van der Waals surface area contributed by atoms with Gasteiger partial charge in [-0.3, -0.25) is 0 Å². The van der Waals surface area contributed by atoms with E-state index in [1.807, 2.05) is 36.4 Å². The lowest BCUT2D eigenvalue weighted by molar-refractivity contribution is 0.473. The highest BCUT2D eigenvalue weighted by atomic mass is 35.5. The van der Waals surface area contributed by atoms with Gasteiger partial charge in [-0.05, 0) is 24.3 Å². The molecule has 1 aromatic carbocycles. The number of benzene rings is 1. The lowest BCUT2D eigenvalue weighted by Crippen LogP contribution is -2.21. The molecule has 2 aromatic rings. The van der Waals surface area contributed by atoms with Crippen molar-refractivity contribution >= 4 is 11.6 Å². The number of furan rings is 1. The number of halogens is 1. The largest absolute Gasteiger partial charge is 0.460 e. The van der Waals surface area contributed by atoms with Gasteiger partial charge in [-0.25, -0.2) is 0 Å². The summed E-state index contributed by atoms with van der Waals surface area (Å²) in [5.74, 6) is 1.74. The minimum Gasteiger partial charge on any atom is -0.460 e. The van der Waals surface area contributed by atoms with Gasteiger partial charge in [-0.15, -0.1) is 0 Å². The number of rotatable bonds is 4. The summed E-state index contributed by atoms with van der Waals surface area (Å²) < 4.78 is 5.75. The van der Waals surface area contributed by atoms with E-state index in [0.717, 1.165) is 23.6 Å². The van der Waals surface area contributed by atoms with Gasteiger partial charge in [0.25, 0.3) is 0 Å². The molecule has 0 saturated carbocycles. The van der Waals surface area contributed by atoms with Crippen molar-refractivity contribution in [3.63, 3.8) is 0 Å². The van der Waals surface area contributed by atoms with Crippen molar-refractivity contribution in [2.75, 3.05) is 0 Å². The van der Waals surface area contributed by atoms with Crippen molar-refractivity contribution in [1.82, 2.24) is 5.32 Å². The Hall–Kier alpha value is -1.25. The molecule has 0 radical (unpaired) electrons. The Bertz CT molecular complexity index is 490. The van der Waals surface area contributed by atoms with Crippen LogP contribution in [0.15, 0.2) is 40.8 Å². The van der Waals surface area contributed by atoms with Gasteiger partial charge in [-0.2, -0.15) is 0 Å². The van der Waals surface area contributed by atoms with E-state index in [1.165, 1.54) is 0 Å². The molecule has 90 valence electrons. The van der Waals surface area contributed by atoms with Crippen LogP contribution in [0, 0.1) is 0 Å². The monoisotopic (exact) mass is 249 g/mol. The SMILES string of the molecule is CC(C)NCc1ccc(-c2ccccc2Cl)o1. The molecule has 0 fully saturated rings. The molecule has 0 saturated heterocycles. The van der Waals surface area contributed by atoms with E-state index in [9.17, 15) is 0 Å². The van der Waals surface area contributed by atoms with Crippen molar-refractivity contribution in [1.29, 1.82) is 0 Å². The maximum Gasteiger partial charge on any atom is 0.135 e. The van der Waals surface area contributed by atoms with Crippen LogP contribution in [-0.2, 0) is 6.54 Å². The molecule has 0 spiro atoms. The Morgan fingerprint density at radius 2 is 1.94 bits per heavy atom. The van der Waals surface area contributed by atoms with E-state index in [4.69, 9.17) is 16.0 Å². The van der Waals surface area contributed by atoms with Gasteiger partial charge in [0.1, 0.15) is 11.5 Å². The highest BCUT2D eigenvalue weighted by Crippen LogP contribution is 2.28. The molecule has 2 nitrogen and oxygen atoms in total. The first-order valence-electron chi connectivity index (χ1n) is 5.74. The zero-order chi connectivity index (χ0) is 12.3. The molecule has 0 aliphatic carbocycles. The molecular formula is C14H16ClNO. The summed E-state index contributed by atoms with van der Waals surface area (Å²) in [7, 11) is 0. The Balaban J connectivity index is 2.16. The average molecular weight is 250 g/mol. The van der Waals surface area contributed by atoms with Crippen LogP contribution in [0.25, 0.3) is 11.3 Å². The van der Waals surface area contributed by atoms with Crippen molar-refractivity contribution in [3.05, 3.63) is 47.2 Å². The third-order valence-electron chi connectivity index (χ3n) is 2.49. The molecule has 0 amide bonds. The van der Waals surface area contributed by atoms with E-state index in [-0.39, 0.29) is 0 Å². The third-order valence-corrected chi connectivity index (χ3v) is 2.82. The maximum absolute atomic E-state index is 6.12. The van der Waals surface area contributed by atoms with Gasteiger partial charge >= 0.3 is 0 Å². The lowest BCUT2D eigenvalue weighted by atomic mass is 10.2. The molecule has 0 aliphatic heterocycles. The fourth-order valence-corrected chi connectivity index (χ4v) is 1.81. The summed E-state index contributed by atoms with van der Waals surface area (Å²) >= 11 is 6.12. The smallest absolute Gasteiger partial charge is 0.135 e. The second-order valence-corrected chi connectivity index (χ2v) is 4.69. The van der Waals surface area contributed by atoms with Crippen molar-refractivity contribution in [2.24, 2.45) is 0 Å². The van der Waals surface area contributed by atoms with Crippen LogP contribution in [-0.4, -0.2) is 6.04 Å². The predicted molar refractivity (Wildman–Crippen MR) is 71.1 cm³/mol. The van der Waals surface area contributed by atoms with Crippen LogP contribution < -0.4 is 5.32 Å². The number of hydrogen-bond acceptors (Lipinski definition) is 2. The predicted octanol–water partition coefficient (Wildman–Crippen LogP) is 4.10. The molecule has 0 bridgehead atoms. The standard InChI is InChI=1S/C14H16ClNO/c1-10(2)16-9-11-7-8-14(17-11)12-5-3-4-6-13(12)15/h3-8,10,16H,9H2,1-2H3. The highest BCUT2D eigenvalue weighted by Gasteiger charge is 2.07. The zero-order valence-corrected chi connectivity index (χ0v) is 10.8. The molecule has 2 rings (SSSR count). The second kappa shape index (κ2) is 5.39. The normalized spacial score (nSPS) is 11.1. The second-order valence-electron chi connectivity index (χ2n) is 4.28. The van der Waals surface area contributed by atoms with Crippen LogP contribution in [0.5, 0.6) is 0 Å². The summed E-state index contributed by atoms with van der Waals surface area (Å²) in [6.07, 6.45) is 0. The summed E-state index contributed by atoms with van der Waals surface area (Å²) in [6, 6.07) is 12.1. The van der Waals surface area contributed by atoms with Crippen LogP contribution in [0.3, 0.4) is 0 Å². The van der Waals surface area contributed by atoms with E-state index >= 15 is 0 Å². The van der Waals surface area contributed by atoms with Gasteiger partial charge in [0.15, 0.2) is 0 Å². The molecule has 1 N–H and O–H groups in total.